The van der Waals surface area contributed by atoms with Crippen molar-refractivity contribution in [2.75, 3.05) is 6.54 Å². The average molecular weight is 581 g/mol. The summed E-state index contributed by atoms with van der Waals surface area (Å²) < 4.78 is 53.7. The minimum Gasteiger partial charge on any atom is -0.479 e. The molecule has 0 saturated heterocycles. The van der Waals surface area contributed by atoms with Gasteiger partial charge in [0.25, 0.3) is 5.91 Å². The van der Waals surface area contributed by atoms with Crippen molar-refractivity contribution < 1.29 is 42.2 Å². The minimum absolute atomic E-state index is 0.0636. The Hall–Kier alpha value is -3.47. The molecule has 0 radical (unpaired) electrons. The molecule has 3 N–H and O–H groups in total. The second kappa shape index (κ2) is 13.0. The van der Waals surface area contributed by atoms with Crippen LogP contribution in [-0.2, 0) is 28.7 Å². The summed E-state index contributed by atoms with van der Waals surface area (Å²) in [5, 5.41) is 20.4. The zero-order valence-electron chi connectivity index (χ0n) is 23.3. The van der Waals surface area contributed by atoms with Crippen molar-refractivity contribution in [2.45, 2.75) is 77.7 Å². The Kier molecular flexibility index (Phi) is 10.2. The van der Waals surface area contributed by atoms with Crippen LogP contribution in [0.1, 0.15) is 73.5 Å². The predicted molar refractivity (Wildman–Crippen MR) is 143 cm³/mol. The maximum absolute atomic E-state index is 14.0. The van der Waals surface area contributed by atoms with Gasteiger partial charge in [0.1, 0.15) is 5.82 Å². The van der Waals surface area contributed by atoms with Crippen molar-refractivity contribution in [2.24, 2.45) is 11.3 Å². The van der Waals surface area contributed by atoms with E-state index in [2.05, 4.69) is 26.1 Å². The highest BCUT2D eigenvalue weighted by Crippen LogP contribution is 2.39. The molecule has 2 aromatic rings. The number of carboxylic acid groups (broad SMARTS) is 1. The van der Waals surface area contributed by atoms with Crippen LogP contribution in [0.2, 0.25) is 0 Å². The van der Waals surface area contributed by atoms with Crippen molar-refractivity contribution in [1.29, 1.82) is 0 Å². The molecule has 3 rings (SSSR count). The van der Waals surface area contributed by atoms with Gasteiger partial charge in [0, 0.05) is 18.2 Å². The third-order valence-electron chi connectivity index (χ3n) is 7.63. The molecule has 0 unspecified atom stereocenters. The van der Waals surface area contributed by atoms with Crippen LogP contribution in [0.15, 0.2) is 42.5 Å². The van der Waals surface area contributed by atoms with E-state index < -0.39 is 54.4 Å². The second-order valence-corrected chi connectivity index (χ2v) is 11.7. The van der Waals surface area contributed by atoms with Crippen molar-refractivity contribution in [1.82, 2.24) is 10.2 Å². The molecule has 1 fully saturated rings. The molecular formula is C30H36F4N2O5. The first-order valence-corrected chi connectivity index (χ1v) is 13.5. The molecule has 2 amide bonds. The smallest absolute Gasteiger partial charge is 0.416 e. The van der Waals surface area contributed by atoms with Crippen LogP contribution in [0.25, 0.3) is 0 Å². The summed E-state index contributed by atoms with van der Waals surface area (Å²) in [7, 11) is 0. The van der Waals surface area contributed by atoms with Crippen molar-refractivity contribution in [3.63, 3.8) is 0 Å². The number of alkyl halides is 3. The number of carbonyl (C=O) groups excluding carboxylic acids is 2. The molecule has 224 valence electrons. The fourth-order valence-corrected chi connectivity index (χ4v) is 5.20. The summed E-state index contributed by atoms with van der Waals surface area (Å²) in [5.41, 5.74) is -0.219. The number of hydrogen-bond acceptors (Lipinski definition) is 4. The lowest BCUT2D eigenvalue weighted by Crippen LogP contribution is -2.43. The van der Waals surface area contributed by atoms with Crippen LogP contribution in [0.3, 0.4) is 0 Å². The molecule has 2 aromatic carbocycles. The first kappa shape index (κ1) is 32.0. The van der Waals surface area contributed by atoms with Gasteiger partial charge < -0.3 is 20.4 Å². The Morgan fingerprint density at radius 1 is 0.976 bits per heavy atom. The lowest BCUT2D eigenvalue weighted by Gasteiger charge is -2.41. The Bertz CT molecular complexity index is 1230. The third-order valence-corrected chi connectivity index (χ3v) is 7.63. The number of carbonyl (C=O) groups is 3. The first-order valence-electron chi connectivity index (χ1n) is 13.5. The highest BCUT2D eigenvalue weighted by molar-refractivity contribution is 5.94. The van der Waals surface area contributed by atoms with Gasteiger partial charge in [-0.1, -0.05) is 32.9 Å². The van der Waals surface area contributed by atoms with E-state index in [1.807, 2.05) is 0 Å². The summed E-state index contributed by atoms with van der Waals surface area (Å²) in [4.78, 5) is 38.2. The van der Waals surface area contributed by atoms with Gasteiger partial charge in [0.15, 0.2) is 6.10 Å². The Morgan fingerprint density at radius 2 is 1.59 bits per heavy atom. The molecule has 0 aliphatic heterocycles. The van der Waals surface area contributed by atoms with E-state index in [1.54, 1.807) is 17.0 Å². The van der Waals surface area contributed by atoms with Crippen molar-refractivity contribution in [3.8, 4) is 0 Å². The van der Waals surface area contributed by atoms with Crippen LogP contribution in [0.4, 0.5) is 17.6 Å². The molecule has 0 bridgehead atoms. The first-order chi connectivity index (χ1) is 19.0. The topological polar surface area (TPSA) is 107 Å². The highest BCUT2D eigenvalue weighted by atomic mass is 19.4. The molecule has 1 aliphatic carbocycles. The summed E-state index contributed by atoms with van der Waals surface area (Å²) in [6, 6.07) is 8.25. The van der Waals surface area contributed by atoms with Crippen LogP contribution >= 0.6 is 0 Å². The van der Waals surface area contributed by atoms with Crippen molar-refractivity contribution in [3.05, 3.63) is 70.5 Å². The number of aliphatic carboxylic acids is 1. The van der Waals surface area contributed by atoms with E-state index in [0.717, 1.165) is 37.8 Å². The predicted octanol–water partition coefficient (Wildman–Crippen LogP) is 5.20. The fourth-order valence-electron chi connectivity index (χ4n) is 5.20. The number of rotatable bonds is 9. The summed E-state index contributed by atoms with van der Waals surface area (Å²) >= 11 is 0. The summed E-state index contributed by atoms with van der Waals surface area (Å²) in [6.45, 7) is 6.19. The third kappa shape index (κ3) is 9.01. The number of aliphatic hydroxyl groups excluding tert-OH is 1. The van der Waals surface area contributed by atoms with Gasteiger partial charge in [-0.05, 0) is 78.5 Å². The Balaban J connectivity index is 1.79. The van der Waals surface area contributed by atoms with E-state index in [-0.39, 0.29) is 29.1 Å². The number of nitrogens with one attached hydrogen (secondary N) is 1. The van der Waals surface area contributed by atoms with E-state index in [9.17, 15) is 37.1 Å². The molecule has 0 aromatic heterocycles. The van der Waals surface area contributed by atoms with Crippen LogP contribution < -0.4 is 5.32 Å². The van der Waals surface area contributed by atoms with E-state index in [1.165, 1.54) is 12.1 Å². The molecular weight excluding hydrogens is 544 g/mol. The summed E-state index contributed by atoms with van der Waals surface area (Å²) in [5.74, 6) is -3.07. The molecule has 0 spiro atoms. The SMILES string of the molecule is CC(C)(C)C1CCC(N(Cc2ccc(C(=O)NC[C@@H](O)C(=O)O)cc2)C(=O)Cc2cc(F)cc(C(F)(F)F)c2)CC1. The minimum atomic E-state index is -4.75. The number of halogens is 4. The lowest BCUT2D eigenvalue weighted by molar-refractivity contribution is -0.146. The van der Waals surface area contributed by atoms with Crippen LogP contribution in [0, 0.1) is 17.2 Å². The van der Waals surface area contributed by atoms with Crippen LogP contribution in [-0.4, -0.2) is 51.6 Å². The number of amides is 2. The Morgan fingerprint density at radius 3 is 2.12 bits per heavy atom. The number of hydrogen-bond donors (Lipinski definition) is 3. The lowest BCUT2D eigenvalue weighted by atomic mass is 9.71. The average Bonchev–Trinajstić information content (AvgIpc) is 2.89. The van der Waals surface area contributed by atoms with Gasteiger partial charge in [-0.25, -0.2) is 9.18 Å². The molecule has 7 nitrogen and oxygen atoms in total. The zero-order chi connectivity index (χ0) is 30.5. The molecule has 11 heteroatoms. The molecule has 1 saturated carbocycles. The molecule has 0 heterocycles. The van der Waals surface area contributed by atoms with Gasteiger partial charge in [-0.2, -0.15) is 13.2 Å². The maximum atomic E-state index is 14.0. The number of benzene rings is 2. The largest absolute Gasteiger partial charge is 0.479 e. The van der Waals surface area contributed by atoms with Crippen LogP contribution in [0.5, 0.6) is 0 Å². The second-order valence-electron chi connectivity index (χ2n) is 11.7. The standard InChI is InChI=1S/C30H36F4N2O5/c1-29(2,3)21-8-10-24(11-9-21)36(26(38)14-19-12-22(30(32,33)34)15-23(31)13-19)17-18-4-6-20(7-5-18)27(39)35-16-25(37)28(40)41/h4-7,12-13,15,21,24-25,37H,8-11,14,16-17H2,1-3H3,(H,35,39)(H,40,41)/t21?,24?,25-/m1/s1. The van der Waals surface area contributed by atoms with Gasteiger partial charge in [0.05, 0.1) is 18.5 Å². The molecule has 1 atom stereocenters. The normalized spacial score (nSPS) is 18.4. The molecule has 41 heavy (non-hydrogen) atoms. The highest BCUT2D eigenvalue weighted by Gasteiger charge is 2.35. The van der Waals surface area contributed by atoms with Gasteiger partial charge in [-0.15, -0.1) is 0 Å². The quantitative estimate of drug-likeness (QED) is 0.354. The van der Waals surface area contributed by atoms with Gasteiger partial charge in [0.2, 0.25) is 5.91 Å². The van der Waals surface area contributed by atoms with Crippen molar-refractivity contribution >= 4 is 17.8 Å². The number of nitrogens with zero attached hydrogens (tertiary/aromatic N) is 1. The van der Waals surface area contributed by atoms with Gasteiger partial charge >= 0.3 is 12.1 Å². The fraction of sp³-hybridized carbons (Fsp3) is 0.500. The number of carboxylic acids is 1. The van der Waals surface area contributed by atoms with E-state index in [4.69, 9.17) is 5.11 Å². The maximum Gasteiger partial charge on any atom is 0.416 e. The van der Waals surface area contributed by atoms with Gasteiger partial charge in [-0.3, -0.25) is 9.59 Å². The summed E-state index contributed by atoms with van der Waals surface area (Å²) in [6.07, 6.45) is -3.67. The van der Waals surface area contributed by atoms with E-state index in [0.29, 0.717) is 17.5 Å². The molecule has 1 aliphatic rings. The van der Waals surface area contributed by atoms with E-state index >= 15 is 0 Å². The monoisotopic (exact) mass is 580 g/mol. The number of aliphatic hydroxyl groups is 1. The Labute approximate surface area is 236 Å². The zero-order valence-corrected chi connectivity index (χ0v) is 23.3.